The van der Waals surface area contributed by atoms with Crippen LogP contribution in [0.3, 0.4) is 0 Å². The molecule has 0 unspecified atom stereocenters. The van der Waals surface area contributed by atoms with E-state index in [4.69, 9.17) is 18.9 Å². The van der Waals surface area contributed by atoms with Crippen molar-refractivity contribution >= 4 is 40.9 Å². The molecule has 1 fully saturated rings. The molecule has 0 aromatic heterocycles. The third-order valence-electron chi connectivity index (χ3n) is 7.54. The Morgan fingerprint density at radius 2 is 1.65 bits per heavy atom. The van der Waals surface area contributed by atoms with Crippen molar-refractivity contribution in [2.24, 2.45) is 5.41 Å². The second-order valence-corrected chi connectivity index (χ2v) is 12.6. The van der Waals surface area contributed by atoms with Gasteiger partial charge in [0.1, 0.15) is 42.2 Å². The van der Waals surface area contributed by atoms with Crippen molar-refractivity contribution in [1.29, 1.82) is 0 Å². The van der Waals surface area contributed by atoms with E-state index in [9.17, 15) is 44.1 Å². The number of benzene rings is 1. The first-order chi connectivity index (χ1) is 23.1. The summed E-state index contributed by atoms with van der Waals surface area (Å²) in [6, 6.07) is 4.33. The minimum absolute atomic E-state index is 0.00227. The Bertz CT molecular complexity index is 1370. The third kappa shape index (κ3) is 12.6. The fourth-order valence-electron chi connectivity index (χ4n) is 4.44. The summed E-state index contributed by atoms with van der Waals surface area (Å²) in [6.07, 6.45) is -2.85. The van der Waals surface area contributed by atoms with E-state index in [1.54, 1.807) is 20.8 Å². The highest BCUT2D eigenvalue weighted by molar-refractivity contribution is 6.13. The maximum atomic E-state index is 12.8. The van der Waals surface area contributed by atoms with Gasteiger partial charge in [0, 0.05) is 69.0 Å². The number of aliphatic hydroxyl groups excluding tert-OH is 3. The molecule has 49 heavy (non-hydrogen) atoms. The van der Waals surface area contributed by atoms with Crippen molar-refractivity contribution < 1.29 is 63.0 Å². The van der Waals surface area contributed by atoms with Gasteiger partial charge in [-0.1, -0.05) is 20.8 Å². The first kappa shape index (κ1) is 39.2. The van der Waals surface area contributed by atoms with Gasteiger partial charge in [-0.15, -0.1) is 0 Å². The highest BCUT2D eigenvalue weighted by Gasteiger charge is 2.39. The van der Waals surface area contributed by atoms with Crippen LogP contribution >= 0.6 is 0 Å². The van der Waals surface area contributed by atoms with Gasteiger partial charge >= 0.3 is 0 Å². The van der Waals surface area contributed by atoms with Crippen LogP contribution < -0.4 is 20.1 Å². The molecule has 1 aromatic carbocycles. The number of Topliss-reactive ketones (excluding diaryl/α,β-unsaturated/α-hetero) is 2. The molecule has 5 N–H and O–H groups in total. The number of carbonyl (C=O) groups is 6. The zero-order chi connectivity index (χ0) is 36.1. The summed E-state index contributed by atoms with van der Waals surface area (Å²) >= 11 is 0. The van der Waals surface area contributed by atoms with Gasteiger partial charge in [0.05, 0.1) is 18.9 Å². The lowest BCUT2D eigenvalue weighted by molar-refractivity contribution is -0.241. The van der Waals surface area contributed by atoms with Gasteiger partial charge < -0.3 is 44.9 Å². The van der Waals surface area contributed by atoms with Crippen molar-refractivity contribution in [2.45, 2.75) is 77.5 Å². The Morgan fingerprint density at radius 1 is 0.939 bits per heavy atom. The molecule has 0 spiro atoms. The molecule has 4 atom stereocenters. The predicted molar refractivity (Wildman–Crippen MR) is 171 cm³/mol. The standard InChI is InChI=1S/C33H45N3O13/c1-33(2,3)25(39)19-47-21-6-7-24(49-32-31(45)30(44)23(38)18-48-32)22(17-21)35-27(41)10-13-34-26(40)12-16-46-15-4-5-20(37)11-14-36-28(42)8-9-29(36)43/h6-9,17,23,30-32,38,44-45H,4-5,10-16,18-19H2,1-3H3,(H,34,40)(H,35,41)/t23-,30+,31-,32+/m1/s1. The molecule has 0 radical (unpaired) electrons. The second-order valence-electron chi connectivity index (χ2n) is 12.6. The number of nitrogens with zero attached hydrogens (tertiary/aromatic N) is 1. The van der Waals surface area contributed by atoms with Crippen LogP contribution in [0.2, 0.25) is 0 Å². The monoisotopic (exact) mass is 691 g/mol. The van der Waals surface area contributed by atoms with Gasteiger partial charge in [0.25, 0.3) is 11.8 Å². The molecule has 2 aliphatic heterocycles. The fourth-order valence-corrected chi connectivity index (χ4v) is 4.44. The molecule has 270 valence electrons. The van der Waals surface area contributed by atoms with E-state index >= 15 is 0 Å². The lowest BCUT2D eigenvalue weighted by Crippen LogP contribution is -2.54. The highest BCUT2D eigenvalue weighted by atomic mass is 16.7. The predicted octanol–water partition coefficient (Wildman–Crippen LogP) is 0.0143. The summed E-state index contributed by atoms with van der Waals surface area (Å²) < 4.78 is 22.0. The Hall–Kier alpha value is -4.22. The molecule has 4 amide bonds. The number of ether oxygens (including phenoxy) is 4. The van der Waals surface area contributed by atoms with Crippen LogP contribution in [0, 0.1) is 5.41 Å². The van der Waals surface area contributed by atoms with Crippen LogP contribution in [0.5, 0.6) is 11.5 Å². The van der Waals surface area contributed by atoms with Crippen LogP contribution in [0.25, 0.3) is 0 Å². The summed E-state index contributed by atoms with van der Waals surface area (Å²) in [5.74, 6) is -1.70. The van der Waals surface area contributed by atoms with Crippen molar-refractivity contribution in [3.05, 3.63) is 30.4 Å². The molecule has 1 saturated heterocycles. The van der Waals surface area contributed by atoms with E-state index in [0.717, 1.165) is 17.1 Å². The Kier molecular flexibility index (Phi) is 14.8. The number of nitrogens with one attached hydrogen (secondary N) is 2. The van der Waals surface area contributed by atoms with Gasteiger partial charge in [0.15, 0.2) is 5.78 Å². The van der Waals surface area contributed by atoms with Crippen LogP contribution in [0.1, 0.15) is 52.9 Å². The largest absolute Gasteiger partial charge is 0.486 e. The molecule has 2 heterocycles. The topological polar surface area (TPSA) is 227 Å². The smallest absolute Gasteiger partial charge is 0.253 e. The molecular formula is C33H45N3O13. The van der Waals surface area contributed by atoms with Gasteiger partial charge in [-0.3, -0.25) is 33.7 Å². The number of amides is 4. The Balaban J connectivity index is 1.40. The molecule has 3 rings (SSSR count). The zero-order valence-corrected chi connectivity index (χ0v) is 27.8. The van der Waals surface area contributed by atoms with Crippen molar-refractivity contribution in [3.63, 3.8) is 0 Å². The molecular weight excluding hydrogens is 646 g/mol. The number of imide groups is 1. The minimum atomic E-state index is -1.59. The third-order valence-corrected chi connectivity index (χ3v) is 7.54. The van der Waals surface area contributed by atoms with E-state index < -0.39 is 47.7 Å². The molecule has 16 heteroatoms. The minimum Gasteiger partial charge on any atom is -0.486 e. The van der Waals surface area contributed by atoms with Crippen molar-refractivity contribution in [2.75, 3.05) is 44.8 Å². The Labute approximate surface area is 283 Å². The lowest BCUT2D eigenvalue weighted by Gasteiger charge is -2.35. The number of anilines is 1. The summed E-state index contributed by atoms with van der Waals surface area (Å²) in [7, 11) is 0. The van der Waals surface area contributed by atoms with Gasteiger partial charge in [0.2, 0.25) is 18.1 Å². The number of hydrogen-bond donors (Lipinski definition) is 5. The molecule has 0 bridgehead atoms. The van der Waals surface area contributed by atoms with E-state index in [-0.39, 0.29) is 99.9 Å². The first-order valence-corrected chi connectivity index (χ1v) is 16.0. The maximum Gasteiger partial charge on any atom is 0.253 e. The number of ketones is 2. The normalized spacial score (nSPS) is 20.7. The molecule has 0 aliphatic carbocycles. The zero-order valence-electron chi connectivity index (χ0n) is 27.8. The van der Waals surface area contributed by atoms with Gasteiger partial charge in [-0.25, -0.2) is 0 Å². The number of carbonyl (C=O) groups excluding carboxylic acids is 6. The summed E-state index contributed by atoms with van der Waals surface area (Å²) in [5, 5.41) is 35.3. The summed E-state index contributed by atoms with van der Waals surface area (Å²) in [4.78, 5) is 73.4. The number of aliphatic hydroxyl groups is 3. The molecule has 1 aromatic rings. The van der Waals surface area contributed by atoms with Crippen molar-refractivity contribution in [3.8, 4) is 11.5 Å². The van der Waals surface area contributed by atoms with E-state index in [1.165, 1.54) is 18.2 Å². The fraction of sp³-hybridized carbons (Fsp3) is 0.576. The molecule has 2 aliphatic rings. The highest BCUT2D eigenvalue weighted by Crippen LogP contribution is 2.32. The summed E-state index contributed by atoms with van der Waals surface area (Å²) in [6.45, 7) is 5.13. The number of rotatable bonds is 19. The van der Waals surface area contributed by atoms with Crippen LogP contribution in [0.4, 0.5) is 5.69 Å². The lowest BCUT2D eigenvalue weighted by atomic mass is 9.91. The SMILES string of the molecule is CC(C)(C)C(=O)COc1ccc(O[C@@H]2OC[C@@H](O)[C@H](O)[C@H]2O)c(NC(=O)CCNC(=O)CCOCCCC(=O)CCN2C(=O)C=CC2=O)c1. The van der Waals surface area contributed by atoms with Gasteiger partial charge in [-0.2, -0.15) is 0 Å². The summed E-state index contributed by atoms with van der Waals surface area (Å²) in [5.41, 5.74) is -0.521. The van der Waals surface area contributed by atoms with Crippen LogP contribution in [-0.2, 0) is 38.2 Å². The average molecular weight is 692 g/mol. The van der Waals surface area contributed by atoms with E-state index in [0.29, 0.717) is 6.42 Å². The molecule has 16 nitrogen and oxygen atoms in total. The maximum absolute atomic E-state index is 12.8. The van der Waals surface area contributed by atoms with E-state index in [1.807, 2.05) is 0 Å². The Morgan fingerprint density at radius 3 is 2.35 bits per heavy atom. The average Bonchev–Trinajstić information content (AvgIpc) is 3.37. The van der Waals surface area contributed by atoms with Crippen LogP contribution in [0.15, 0.2) is 30.4 Å². The van der Waals surface area contributed by atoms with Crippen molar-refractivity contribution in [1.82, 2.24) is 10.2 Å². The van der Waals surface area contributed by atoms with Crippen LogP contribution in [-0.4, -0.2) is 120 Å². The second kappa shape index (κ2) is 18.5. The quantitative estimate of drug-likeness (QED) is 0.0953. The molecule has 0 saturated carbocycles. The number of hydrogen-bond acceptors (Lipinski definition) is 13. The van der Waals surface area contributed by atoms with E-state index in [2.05, 4.69) is 10.6 Å². The first-order valence-electron chi connectivity index (χ1n) is 16.0. The van der Waals surface area contributed by atoms with Gasteiger partial charge in [-0.05, 0) is 18.6 Å².